The van der Waals surface area contributed by atoms with Crippen molar-refractivity contribution in [2.45, 2.75) is 31.8 Å². The van der Waals surface area contributed by atoms with E-state index in [9.17, 15) is 9.59 Å². The number of nitrogens with one attached hydrogen (secondary N) is 2. The number of pyridine rings is 1. The van der Waals surface area contributed by atoms with E-state index in [1.54, 1.807) is 30.7 Å². The van der Waals surface area contributed by atoms with Crippen molar-refractivity contribution in [3.05, 3.63) is 57.0 Å². The van der Waals surface area contributed by atoms with E-state index in [1.807, 2.05) is 24.5 Å². The highest BCUT2D eigenvalue weighted by atomic mass is 32.2. The monoisotopic (exact) mass is 409 g/mol. The summed E-state index contributed by atoms with van der Waals surface area (Å²) in [4.78, 5) is 26.9. The average Bonchev–Trinajstić information content (AvgIpc) is 3.17. The van der Waals surface area contributed by atoms with E-state index in [4.69, 9.17) is 5.26 Å². The molecule has 0 unspecified atom stereocenters. The number of H-pyrrole nitrogens is 1. The van der Waals surface area contributed by atoms with Gasteiger partial charge in [-0.2, -0.15) is 9.94 Å². The smallest absolute Gasteiger partial charge is 0.266 e. The van der Waals surface area contributed by atoms with Gasteiger partial charge in [-0.15, -0.1) is 5.10 Å². The predicted molar refractivity (Wildman–Crippen MR) is 109 cm³/mol. The van der Waals surface area contributed by atoms with E-state index in [0.29, 0.717) is 28.5 Å². The van der Waals surface area contributed by atoms with Gasteiger partial charge in [0.15, 0.2) is 0 Å². The number of nitriles is 1. The van der Waals surface area contributed by atoms with Gasteiger partial charge < -0.3 is 10.3 Å². The molecule has 0 aliphatic carbocycles. The molecule has 2 aromatic heterocycles. The minimum Gasteiger partial charge on any atom is -0.326 e. The number of amides is 1. The summed E-state index contributed by atoms with van der Waals surface area (Å²) in [6.07, 6.45) is 2.51. The number of benzene rings is 1. The maximum atomic E-state index is 12.5. The van der Waals surface area contributed by atoms with Crippen LogP contribution < -0.4 is 10.9 Å². The molecule has 2 N–H and O–H groups in total. The molecule has 0 fully saturated rings. The maximum Gasteiger partial charge on any atom is 0.266 e. The lowest BCUT2D eigenvalue weighted by molar-refractivity contribution is -0.116. The quantitative estimate of drug-likeness (QED) is 0.597. The normalized spacial score (nSPS) is 10.6. The lowest BCUT2D eigenvalue weighted by Gasteiger charge is -2.11. The van der Waals surface area contributed by atoms with Gasteiger partial charge in [0, 0.05) is 17.8 Å². The lowest BCUT2D eigenvalue weighted by Crippen LogP contribution is -2.18. The molecule has 1 aromatic carbocycles. The molecule has 0 aliphatic rings. The first-order chi connectivity index (χ1) is 13.9. The van der Waals surface area contributed by atoms with E-state index in [0.717, 1.165) is 11.3 Å². The standard InChI is InChI=1S/C19H19N7O2S/c1-11-15(12(2)21-18(28)16(11)10-20)7-8-17(27)22-13-5-4-6-14(9-13)26-19(29-3)23-24-25-26/h4-6,9H,7-8H2,1-3H3,(H,21,28)(H,22,27). The van der Waals surface area contributed by atoms with E-state index in [1.165, 1.54) is 11.8 Å². The van der Waals surface area contributed by atoms with Crippen molar-refractivity contribution < 1.29 is 4.79 Å². The topological polar surface area (TPSA) is 129 Å². The molecule has 3 aromatic rings. The van der Waals surface area contributed by atoms with Crippen molar-refractivity contribution in [1.29, 1.82) is 5.26 Å². The Bertz CT molecular complexity index is 1160. The number of aromatic nitrogens is 5. The number of hydrogen-bond acceptors (Lipinski definition) is 7. The summed E-state index contributed by atoms with van der Waals surface area (Å²) in [6, 6.07) is 9.16. The SMILES string of the molecule is CSc1nnnn1-c1cccc(NC(=O)CCc2c(C)[nH]c(=O)c(C#N)c2C)c1. The largest absolute Gasteiger partial charge is 0.326 e. The van der Waals surface area contributed by atoms with Crippen molar-refractivity contribution in [2.24, 2.45) is 0 Å². The molecule has 3 rings (SSSR count). The Balaban J connectivity index is 1.72. The number of thioether (sulfide) groups is 1. The second-order valence-corrected chi connectivity index (χ2v) is 7.12. The van der Waals surface area contributed by atoms with E-state index in [2.05, 4.69) is 25.8 Å². The molecule has 1 amide bonds. The Hall–Kier alpha value is -3.45. The van der Waals surface area contributed by atoms with Crippen LogP contribution in [0.1, 0.15) is 28.8 Å². The molecule has 0 saturated carbocycles. The van der Waals surface area contributed by atoms with Crippen molar-refractivity contribution in [3.8, 4) is 11.8 Å². The van der Waals surface area contributed by atoms with Crippen LogP contribution in [0.3, 0.4) is 0 Å². The number of anilines is 1. The Labute approximate surface area is 171 Å². The van der Waals surface area contributed by atoms with Gasteiger partial charge >= 0.3 is 0 Å². The molecule has 0 bridgehead atoms. The Morgan fingerprint density at radius 1 is 1.38 bits per heavy atom. The van der Waals surface area contributed by atoms with Crippen molar-refractivity contribution in [2.75, 3.05) is 11.6 Å². The van der Waals surface area contributed by atoms with Gasteiger partial charge in [-0.1, -0.05) is 17.8 Å². The zero-order chi connectivity index (χ0) is 21.0. The van der Waals surface area contributed by atoms with Crippen LogP contribution in [0.5, 0.6) is 0 Å². The first kappa shape index (κ1) is 20.3. The summed E-state index contributed by atoms with van der Waals surface area (Å²) in [5.41, 5.74) is 3.15. The fraction of sp³-hybridized carbons (Fsp3) is 0.263. The molecular weight excluding hydrogens is 390 g/mol. The summed E-state index contributed by atoms with van der Waals surface area (Å²) < 4.78 is 1.59. The zero-order valence-electron chi connectivity index (χ0n) is 16.2. The van der Waals surface area contributed by atoms with Gasteiger partial charge in [0.25, 0.3) is 5.56 Å². The summed E-state index contributed by atoms with van der Waals surface area (Å²) in [6.45, 7) is 3.49. The van der Waals surface area contributed by atoms with Crippen LogP contribution in [0.2, 0.25) is 0 Å². The third-order valence-electron chi connectivity index (χ3n) is 4.52. The van der Waals surface area contributed by atoms with E-state index >= 15 is 0 Å². The van der Waals surface area contributed by atoms with E-state index < -0.39 is 5.56 Å². The molecule has 10 heteroatoms. The third kappa shape index (κ3) is 4.35. The molecule has 0 saturated heterocycles. The first-order valence-electron chi connectivity index (χ1n) is 8.79. The minimum atomic E-state index is -0.403. The summed E-state index contributed by atoms with van der Waals surface area (Å²) in [5.74, 6) is -0.174. The van der Waals surface area contributed by atoms with Crippen LogP contribution in [0, 0.1) is 25.2 Å². The number of carbonyl (C=O) groups is 1. The van der Waals surface area contributed by atoms with Gasteiger partial charge in [-0.25, -0.2) is 0 Å². The Morgan fingerprint density at radius 2 is 2.17 bits per heavy atom. The third-order valence-corrected chi connectivity index (χ3v) is 5.14. The van der Waals surface area contributed by atoms with Crippen LogP contribution in [-0.4, -0.2) is 37.4 Å². The van der Waals surface area contributed by atoms with Crippen molar-refractivity contribution in [1.82, 2.24) is 25.2 Å². The average molecular weight is 409 g/mol. The number of aryl methyl sites for hydroxylation is 1. The van der Waals surface area contributed by atoms with Gasteiger partial charge in [0.2, 0.25) is 11.1 Å². The fourth-order valence-corrected chi connectivity index (χ4v) is 3.50. The number of nitrogens with zero attached hydrogens (tertiary/aromatic N) is 5. The second kappa shape index (κ2) is 8.70. The molecule has 0 radical (unpaired) electrons. The van der Waals surface area contributed by atoms with Gasteiger partial charge in [0.05, 0.1) is 5.69 Å². The molecule has 2 heterocycles. The Kier molecular flexibility index (Phi) is 6.09. The number of tetrazole rings is 1. The van der Waals surface area contributed by atoms with Crippen molar-refractivity contribution >= 4 is 23.4 Å². The maximum absolute atomic E-state index is 12.5. The van der Waals surface area contributed by atoms with Gasteiger partial charge in [-0.3, -0.25) is 9.59 Å². The number of rotatable bonds is 6. The number of carbonyl (C=O) groups excluding carboxylic acids is 1. The molecule has 29 heavy (non-hydrogen) atoms. The predicted octanol–water partition coefficient (Wildman–Crippen LogP) is 2.13. The number of aromatic amines is 1. The highest BCUT2D eigenvalue weighted by molar-refractivity contribution is 7.98. The summed E-state index contributed by atoms with van der Waals surface area (Å²) in [7, 11) is 0. The van der Waals surface area contributed by atoms with Crippen LogP contribution in [0.25, 0.3) is 5.69 Å². The summed E-state index contributed by atoms with van der Waals surface area (Å²) >= 11 is 1.42. The summed E-state index contributed by atoms with van der Waals surface area (Å²) in [5, 5.41) is 24.2. The minimum absolute atomic E-state index is 0.0877. The van der Waals surface area contributed by atoms with Crippen LogP contribution in [0.4, 0.5) is 5.69 Å². The first-order valence-corrected chi connectivity index (χ1v) is 10.0. The highest BCUT2D eigenvalue weighted by Gasteiger charge is 2.14. The lowest BCUT2D eigenvalue weighted by atomic mass is 9.99. The molecule has 148 valence electrons. The van der Waals surface area contributed by atoms with Crippen LogP contribution in [0.15, 0.2) is 34.2 Å². The molecule has 0 atom stereocenters. The zero-order valence-corrected chi connectivity index (χ0v) is 17.0. The van der Waals surface area contributed by atoms with Crippen LogP contribution >= 0.6 is 11.8 Å². The van der Waals surface area contributed by atoms with Gasteiger partial charge in [0.1, 0.15) is 11.6 Å². The number of hydrogen-bond donors (Lipinski definition) is 2. The highest BCUT2D eigenvalue weighted by Crippen LogP contribution is 2.19. The Morgan fingerprint density at radius 3 is 2.90 bits per heavy atom. The van der Waals surface area contributed by atoms with E-state index in [-0.39, 0.29) is 17.9 Å². The second-order valence-electron chi connectivity index (χ2n) is 6.35. The van der Waals surface area contributed by atoms with Crippen LogP contribution in [-0.2, 0) is 11.2 Å². The molecule has 0 spiro atoms. The van der Waals surface area contributed by atoms with Gasteiger partial charge in [-0.05, 0) is 66.3 Å². The molecule has 0 aliphatic heterocycles. The fourth-order valence-electron chi connectivity index (χ4n) is 3.07. The van der Waals surface area contributed by atoms with Crippen molar-refractivity contribution in [3.63, 3.8) is 0 Å². The molecular formula is C19H19N7O2S. The molecule has 9 nitrogen and oxygen atoms in total.